The molecule has 1 atom stereocenters. The summed E-state index contributed by atoms with van der Waals surface area (Å²) in [6, 6.07) is 18.1. The van der Waals surface area contributed by atoms with Gasteiger partial charge in [0.05, 0.1) is 0 Å². The molecule has 22 heavy (non-hydrogen) atoms. The van der Waals surface area contributed by atoms with Crippen molar-refractivity contribution in [2.75, 3.05) is 13.1 Å². The molecule has 3 rings (SSSR count). The third-order valence-corrected chi connectivity index (χ3v) is 4.05. The minimum atomic E-state index is 0.223. The Bertz CT molecular complexity index is 568. The summed E-state index contributed by atoms with van der Waals surface area (Å²) in [6.45, 7) is 4.96. The van der Waals surface area contributed by atoms with Crippen LogP contribution in [0, 0.1) is 0 Å². The van der Waals surface area contributed by atoms with E-state index in [1.807, 2.05) is 42.5 Å². The van der Waals surface area contributed by atoms with Crippen molar-refractivity contribution in [3.8, 4) is 11.5 Å². The second-order valence-electron chi connectivity index (χ2n) is 5.59. The first-order valence-corrected chi connectivity index (χ1v) is 8.02. The maximum atomic E-state index is 6.07. The third kappa shape index (κ3) is 3.80. The average molecular weight is 297 g/mol. The fraction of sp³-hybridized carbons (Fsp3) is 0.368. The summed E-state index contributed by atoms with van der Waals surface area (Å²) < 4.78 is 11.9. The van der Waals surface area contributed by atoms with Crippen LogP contribution in [0.3, 0.4) is 0 Å². The second kappa shape index (κ2) is 7.32. The van der Waals surface area contributed by atoms with E-state index in [4.69, 9.17) is 9.47 Å². The summed E-state index contributed by atoms with van der Waals surface area (Å²) in [6.07, 6.45) is 2.55. The highest BCUT2D eigenvalue weighted by Crippen LogP contribution is 2.24. The average Bonchev–Trinajstić information content (AvgIpc) is 3.02. The van der Waals surface area contributed by atoms with E-state index < -0.39 is 0 Å². The first-order valence-electron chi connectivity index (χ1n) is 8.02. The first-order chi connectivity index (χ1) is 10.8. The van der Waals surface area contributed by atoms with Crippen LogP contribution < -0.4 is 9.47 Å². The van der Waals surface area contributed by atoms with Gasteiger partial charge in [0.25, 0.3) is 0 Å². The molecule has 0 bridgehead atoms. The summed E-state index contributed by atoms with van der Waals surface area (Å²) in [4.78, 5) is 2.37. The quantitative estimate of drug-likeness (QED) is 0.801. The molecule has 0 aliphatic carbocycles. The number of ether oxygens (including phenoxy) is 2. The highest BCUT2D eigenvalue weighted by atomic mass is 16.5. The number of rotatable bonds is 6. The van der Waals surface area contributed by atoms with E-state index in [-0.39, 0.29) is 6.23 Å². The van der Waals surface area contributed by atoms with Crippen LogP contribution in [-0.2, 0) is 6.61 Å². The molecular formula is C19H23NO2. The van der Waals surface area contributed by atoms with E-state index in [9.17, 15) is 0 Å². The summed E-state index contributed by atoms with van der Waals surface area (Å²) in [5.74, 6) is 1.78. The minimum absolute atomic E-state index is 0.223. The van der Waals surface area contributed by atoms with Crippen molar-refractivity contribution >= 4 is 0 Å². The number of nitrogens with zero attached hydrogens (tertiary/aromatic N) is 1. The molecule has 0 aromatic heterocycles. The zero-order valence-electron chi connectivity index (χ0n) is 13.1. The molecule has 0 saturated carbocycles. The zero-order valence-corrected chi connectivity index (χ0v) is 13.1. The highest BCUT2D eigenvalue weighted by molar-refractivity contribution is 5.31. The van der Waals surface area contributed by atoms with Crippen LogP contribution in [-0.4, -0.2) is 24.2 Å². The molecule has 0 radical (unpaired) electrons. The Labute approximate surface area is 132 Å². The summed E-state index contributed by atoms with van der Waals surface area (Å²) in [5, 5.41) is 0. The Kier molecular flexibility index (Phi) is 4.96. The van der Waals surface area contributed by atoms with Crippen molar-refractivity contribution in [1.29, 1.82) is 0 Å². The molecule has 116 valence electrons. The Balaban J connectivity index is 1.54. The fourth-order valence-corrected chi connectivity index (χ4v) is 2.80. The van der Waals surface area contributed by atoms with Gasteiger partial charge in [-0.1, -0.05) is 37.3 Å². The van der Waals surface area contributed by atoms with Gasteiger partial charge in [0.2, 0.25) is 0 Å². The Morgan fingerprint density at radius 1 is 1.00 bits per heavy atom. The summed E-state index contributed by atoms with van der Waals surface area (Å²) >= 11 is 0. The van der Waals surface area contributed by atoms with Gasteiger partial charge in [0, 0.05) is 6.54 Å². The SMILES string of the molecule is CCN1CCCC1Oc1ccc(OCc2ccccc2)cc1. The number of hydrogen-bond acceptors (Lipinski definition) is 3. The molecule has 1 unspecified atom stereocenters. The normalized spacial score (nSPS) is 18.3. The Morgan fingerprint density at radius 2 is 1.73 bits per heavy atom. The highest BCUT2D eigenvalue weighted by Gasteiger charge is 2.24. The van der Waals surface area contributed by atoms with Crippen LogP contribution in [0.4, 0.5) is 0 Å². The van der Waals surface area contributed by atoms with Crippen molar-refractivity contribution in [2.24, 2.45) is 0 Å². The van der Waals surface area contributed by atoms with Gasteiger partial charge in [0.15, 0.2) is 6.23 Å². The number of hydrogen-bond donors (Lipinski definition) is 0. The van der Waals surface area contributed by atoms with Gasteiger partial charge in [-0.3, -0.25) is 4.90 Å². The molecule has 2 aromatic carbocycles. The molecule has 3 heteroatoms. The summed E-state index contributed by atoms with van der Waals surface area (Å²) in [7, 11) is 0. The lowest BCUT2D eigenvalue weighted by molar-refractivity contribution is 0.0649. The monoisotopic (exact) mass is 297 g/mol. The predicted molar refractivity (Wildman–Crippen MR) is 88.1 cm³/mol. The van der Waals surface area contributed by atoms with Gasteiger partial charge in [-0.15, -0.1) is 0 Å². The van der Waals surface area contributed by atoms with Gasteiger partial charge < -0.3 is 9.47 Å². The molecule has 3 nitrogen and oxygen atoms in total. The van der Waals surface area contributed by atoms with Crippen LogP contribution in [0.2, 0.25) is 0 Å². The third-order valence-electron chi connectivity index (χ3n) is 4.05. The predicted octanol–water partition coefficient (Wildman–Crippen LogP) is 4.09. The molecule has 1 saturated heterocycles. The molecular weight excluding hydrogens is 274 g/mol. The molecule has 0 N–H and O–H groups in total. The van der Waals surface area contributed by atoms with Gasteiger partial charge in [-0.05, 0) is 49.2 Å². The van der Waals surface area contributed by atoms with Gasteiger partial charge >= 0.3 is 0 Å². The smallest absolute Gasteiger partial charge is 0.152 e. The van der Waals surface area contributed by atoms with E-state index >= 15 is 0 Å². The van der Waals surface area contributed by atoms with Crippen LogP contribution in [0.5, 0.6) is 11.5 Å². The van der Waals surface area contributed by atoms with Crippen molar-refractivity contribution in [3.63, 3.8) is 0 Å². The second-order valence-corrected chi connectivity index (χ2v) is 5.59. The lowest BCUT2D eigenvalue weighted by atomic mass is 10.2. The lowest BCUT2D eigenvalue weighted by Gasteiger charge is -2.23. The van der Waals surface area contributed by atoms with Crippen LogP contribution in [0.15, 0.2) is 54.6 Å². The molecule has 1 heterocycles. The van der Waals surface area contributed by atoms with Crippen molar-refractivity contribution in [2.45, 2.75) is 32.6 Å². The van der Waals surface area contributed by atoms with Gasteiger partial charge in [-0.2, -0.15) is 0 Å². The number of likely N-dealkylation sites (tertiary alicyclic amines) is 1. The first kappa shape index (κ1) is 14.9. The van der Waals surface area contributed by atoms with E-state index in [1.54, 1.807) is 0 Å². The molecule has 0 spiro atoms. The maximum Gasteiger partial charge on any atom is 0.152 e. The van der Waals surface area contributed by atoms with Crippen LogP contribution in [0.1, 0.15) is 25.3 Å². The minimum Gasteiger partial charge on any atom is -0.489 e. The van der Waals surface area contributed by atoms with Crippen molar-refractivity contribution in [1.82, 2.24) is 4.90 Å². The Hall–Kier alpha value is -2.00. The topological polar surface area (TPSA) is 21.7 Å². The maximum absolute atomic E-state index is 6.07. The summed E-state index contributed by atoms with van der Waals surface area (Å²) in [5.41, 5.74) is 1.17. The largest absolute Gasteiger partial charge is 0.489 e. The van der Waals surface area contributed by atoms with Gasteiger partial charge in [-0.25, -0.2) is 0 Å². The molecule has 1 fully saturated rings. The Morgan fingerprint density at radius 3 is 2.45 bits per heavy atom. The van der Waals surface area contributed by atoms with Gasteiger partial charge in [0.1, 0.15) is 18.1 Å². The van der Waals surface area contributed by atoms with Crippen molar-refractivity contribution in [3.05, 3.63) is 60.2 Å². The lowest BCUT2D eigenvalue weighted by Crippen LogP contribution is -2.33. The van der Waals surface area contributed by atoms with E-state index in [0.717, 1.165) is 31.0 Å². The van der Waals surface area contributed by atoms with Crippen LogP contribution in [0.25, 0.3) is 0 Å². The van der Waals surface area contributed by atoms with Crippen molar-refractivity contribution < 1.29 is 9.47 Å². The zero-order chi connectivity index (χ0) is 15.2. The number of benzene rings is 2. The fourth-order valence-electron chi connectivity index (χ4n) is 2.80. The van der Waals surface area contributed by atoms with E-state index in [0.29, 0.717) is 6.61 Å². The van der Waals surface area contributed by atoms with E-state index in [2.05, 4.69) is 24.0 Å². The molecule has 0 amide bonds. The molecule has 1 aliphatic rings. The standard InChI is InChI=1S/C19H23NO2/c1-2-20-14-6-9-19(20)22-18-12-10-17(11-13-18)21-15-16-7-4-3-5-8-16/h3-5,7-8,10-13,19H,2,6,9,14-15H2,1H3. The van der Waals surface area contributed by atoms with E-state index in [1.165, 1.54) is 12.0 Å². The van der Waals surface area contributed by atoms with Crippen LogP contribution >= 0.6 is 0 Å². The molecule has 2 aromatic rings. The molecule has 1 aliphatic heterocycles.